The molecule has 0 radical (unpaired) electrons. The number of aromatic nitrogens is 1. The van der Waals surface area contributed by atoms with E-state index in [1.165, 1.54) is 0 Å². The summed E-state index contributed by atoms with van der Waals surface area (Å²) in [6, 6.07) is 7.65. The number of hydrogen-bond donors (Lipinski definition) is 2. The van der Waals surface area contributed by atoms with E-state index >= 15 is 0 Å². The van der Waals surface area contributed by atoms with Crippen LogP contribution in [-0.4, -0.2) is 10.1 Å². The lowest BCUT2D eigenvalue weighted by Gasteiger charge is -2.10. The van der Waals surface area contributed by atoms with Crippen molar-refractivity contribution in [3.63, 3.8) is 0 Å². The molecule has 0 aliphatic carbocycles. The second-order valence-electron chi connectivity index (χ2n) is 3.83. The molecule has 3 heteroatoms. The molecule has 2 aromatic rings. The fraction of sp³-hybridized carbons (Fsp3) is 0.154. The van der Waals surface area contributed by atoms with Gasteiger partial charge in [0.1, 0.15) is 5.75 Å². The smallest absolute Gasteiger partial charge is 0.121 e. The number of aromatic hydroxyl groups is 1. The molecule has 1 aromatic carbocycles. The van der Waals surface area contributed by atoms with Crippen LogP contribution in [0, 0.1) is 13.8 Å². The lowest BCUT2D eigenvalue weighted by atomic mass is 10.1. The van der Waals surface area contributed by atoms with E-state index in [4.69, 9.17) is 0 Å². The molecule has 0 fully saturated rings. The third-order valence-electron chi connectivity index (χ3n) is 2.44. The normalized spacial score (nSPS) is 10.1. The molecule has 0 saturated heterocycles. The Kier molecular flexibility index (Phi) is 2.77. The summed E-state index contributed by atoms with van der Waals surface area (Å²) < 4.78 is 0. The SMILES string of the molecule is Cc1cc(Nc2cccnc2)cc(C)c1O. The summed E-state index contributed by atoms with van der Waals surface area (Å²) in [7, 11) is 0. The van der Waals surface area contributed by atoms with Gasteiger partial charge in [0, 0.05) is 11.9 Å². The molecule has 16 heavy (non-hydrogen) atoms. The zero-order chi connectivity index (χ0) is 11.5. The molecule has 1 aromatic heterocycles. The molecule has 3 nitrogen and oxygen atoms in total. The largest absolute Gasteiger partial charge is 0.507 e. The molecule has 0 saturated carbocycles. The first-order chi connectivity index (χ1) is 7.66. The van der Waals surface area contributed by atoms with Crippen LogP contribution < -0.4 is 5.32 Å². The maximum absolute atomic E-state index is 9.66. The minimum atomic E-state index is 0.358. The van der Waals surface area contributed by atoms with Gasteiger partial charge in [-0.15, -0.1) is 0 Å². The maximum Gasteiger partial charge on any atom is 0.121 e. The molecule has 0 aliphatic heterocycles. The molecule has 0 bridgehead atoms. The summed E-state index contributed by atoms with van der Waals surface area (Å²) in [6.07, 6.45) is 3.50. The Morgan fingerprint density at radius 2 is 1.81 bits per heavy atom. The second-order valence-corrected chi connectivity index (χ2v) is 3.83. The molecule has 0 unspecified atom stereocenters. The van der Waals surface area contributed by atoms with Gasteiger partial charge in [0.05, 0.1) is 11.9 Å². The zero-order valence-corrected chi connectivity index (χ0v) is 9.36. The molecule has 82 valence electrons. The van der Waals surface area contributed by atoms with Gasteiger partial charge in [0.2, 0.25) is 0 Å². The Bertz CT molecular complexity index is 472. The van der Waals surface area contributed by atoms with E-state index < -0.39 is 0 Å². The van der Waals surface area contributed by atoms with Crippen LogP contribution in [0.25, 0.3) is 0 Å². The van der Waals surface area contributed by atoms with E-state index in [-0.39, 0.29) is 0 Å². The summed E-state index contributed by atoms with van der Waals surface area (Å²) in [4.78, 5) is 4.03. The molecular formula is C13H14N2O. The van der Waals surface area contributed by atoms with Crippen molar-refractivity contribution in [1.82, 2.24) is 4.98 Å². The average Bonchev–Trinajstić information content (AvgIpc) is 2.27. The van der Waals surface area contributed by atoms with Gasteiger partial charge in [-0.25, -0.2) is 0 Å². The van der Waals surface area contributed by atoms with E-state index in [9.17, 15) is 5.11 Å². The predicted octanol–water partition coefficient (Wildman–Crippen LogP) is 3.15. The number of anilines is 2. The standard InChI is InChI=1S/C13H14N2O/c1-9-6-12(7-10(2)13(9)16)15-11-4-3-5-14-8-11/h3-8,15-16H,1-2H3. The van der Waals surface area contributed by atoms with Crippen molar-refractivity contribution in [1.29, 1.82) is 0 Å². The average molecular weight is 214 g/mol. The van der Waals surface area contributed by atoms with Crippen LogP contribution in [0.4, 0.5) is 11.4 Å². The van der Waals surface area contributed by atoms with Gasteiger partial charge in [-0.2, -0.15) is 0 Å². The highest BCUT2D eigenvalue weighted by Crippen LogP contribution is 2.27. The Balaban J connectivity index is 2.29. The Hall–Kier alpha value is -2.03. The molecule has 0 amide bonds. The summed E-state index contributed by atoms with van der Waals surface area (Å²) in [5.41, 5.74) is 3.63. The van der Waals surface area contributed by atoms with Gasteiger partial charge in [-0.05, 0) is 49.2 Å². The number of hydrogen-bond acceptors (Lipinski definition) is 3. The van der Waals surface area contributed by atoms with Gasteiger partial charge < -0.3 is 10.4 Å². The Morgan fingerprint density at radius 1 is 1.12 bits per heavy atom. The zero-order valence-electron chi connectivity index (χ0n) is 9.36. The molecule has 0 spiro atoms. The molecule has 0 atom stereocenters. The first kappa shape index (κ1) is 10.5. The van der Waals surface area contributed by atoms with Crippen LogP contribution in [0.1, 0.15) is 11.1 Å². The first-order valence-electron chi connectivity index (χ1n) is 5.14. The van der Waals surface area contributed by atoms with Crippen LogP contribution in [0.5, 0.6) is 5.75 Å². The molecule has 0 aliphatic rings. The maximum atomic E-state index is 9.66. The van der Waals surface area contributed by atoms with E-state index in [0.717, 1.165) is 22.5 Å². The minimum absolute atomic E-state index is 0.358. The lowest BCUT2D eigenvalue weighted by molar-refractivity contribution is 0.467. The van der Waals surface area contributed by atoms with Gasteiger partial charge in [0.25, 0.3) is 0 Å². The summed E-state index contributed by atoms with van der Waals surface area (Å²) in [5, 5.41) is 12.9. The third-order valence-corrected chi connectivity index (χ3v) is 2.44. The van der Waals surface area contributed by atoms with Crippen molar-refractivity contribution in [2.45, 2.75) is 13.8 Å². The minimum Gasteiger partial charge on any atom is -0.507 e. The molecule has 2 rings (SSSR count). The molecular weight excluding hydrogens is 200 g/mol. The third kappa shape index (κ3) is 2.14. The summed E-state index contributed by atoms with van der Waals surface area (Å²) >= 11 is 0. The topological polar surface area (TPSA) is 45.2 Å². The van der Waals surface area contributed by atoms with Crippen LogP contribution in [0.15, 0.2) is 36.7 Å². The van der Waals surface area contributed by atoms with E-state index in [1.54, 1.807) is 12.4 Å². The second kappa shape index (κ2) is 4.23. The van der Waals surface area contributed by atoms with Crippen molar-refractivity contribution >= 4 is 11.4 Å². The summed E-state index contributed by atoms with van der Waals surface area (Å²) in [5.74, 6) is 0.358. The predicted molar refractivity (Wildman–Crippen MR) is 65.1 cm³/mol. The Morgan fingerprint density at radius 3 is 2.38 bits per heavy atom. The van der Waals surface area contributed by atoms with E-state index in [1.807, 2.05) is 38.1 Å². The quantitative estimate of drug-likeness (QED) is 0.755. The molecule has 2 N–H and O–H groups in total. The van der Waals surface area contributed by atoms with Gasteiger partial charge >= 0.3 is 0 Å². The van der Waals surface area contributed by atoms with Crippen molar-refractivity contribution in [3.05, 3.63) is 47.8 Å². The van der Waals surface area contributed by atoms with Crippen molar-refractivity contribution in [2.24, 2.45) is 0 Å². The van der Waals surface area contributed by atoms with E-state index in [0.29, 0.717) is 5.75 Å². The number of pyridine rings is 1. The number of phenolic OH excluding ortho intramolecular Hbond substituents is 1. The van der Waals surface area contributed by atoms with Crippen LogP contribution >= 0.6 is 0 Å². The number of phenols is 1. The fourth-order valence-electron chi connectivity index (χ4n) is 1.63. The monoisotopic (exact) mass is 214 g/mol. The van der Waals surface area contributed by atoms with Crippen molar-refractivity contribution in [3.8, 4) is 5.75 Å². The van der Waals surface area contributed by atoms with Crippen molar-refractivity contribution < 1.29 is 5.11 Å². The number of benzene rings is 1. The highest BCUT2D eigenvalue weighted by atomic mass is 16.3. The number of nitrogens with one attached hydrogen (secondary N) is 1. The Labute approximate surface area is 94.8 Å². The van der Waals surface area contributed by atoms with Gasteiger partial charge in [-0.3, -0.25) is 4.98 Å². The highest BCUT2D eigenvalue weighted by Gasteiger charge is 2.03. The number of nitrogens with zero attached hydrogens (tertiary/aromatic N) is 1. The van der Waals surface area contributed by atoms with Crippen LogP contribution in [-0.2, 0) is 0 Å². The van der Waals surface area contributed by atoms with E-state index in [2.05, 4.69) is 10.3 Å². The molecule has 1 heterocycles. The van der Waals surface area contributed by atoms with Crippen LogP contribution in [0.2, 0.25) is 0 Å². The highest BCUT2D eigenvalue weighted by molar-refractivity contribution is 5.62. The first-order valence-corrected chi connectivity index (χ1v) is 5.14. The fourth-order valence-corrected chi connectivity index (χ4v) is 1.63. The van der Waals surface area contributed by atoms with Crippen LogP contribution in [0.3, 0.4) is 0 Å². The number of aryl methyl sites for hydroxylation is 2. The summed E-state index contributed by atoms with van der Waals surface area (Å²) in [6.45, 7) is 3.77. The number of rotatable bonds is 2. The lowest BCUT2D eigenvalue weighted by Crippen LogP contribution is -1.92. The van der Waals surface area contributed by atoms with Crippen molar-refractivity contribution in [2.75, 3.05) is 5.32 Å². The van der Waals surface area contributed by atoms with Gasteiger partial charge in [0.15, 0.2) is 0 Å². The van der Waals surface area contributed by atoms with Gasteiger partial charge in [-0.1, -0.05) is 0 Å².